The Hall–Kier alpha value is -1.10. The molecular weight excluding hydrogens is 288 g/mol. The first kappa shape index (κ1) is 14.8. The molecule has 0 aromatic heterocycles. The summed E-state index contributed by atoms with van der Waals surface area (Å²) in [4.78, 5) is 16.6. The minimum Gasteiger partial charge on any atom is -0.368 e. The lowest BCUT2D eigenvalue weighted by Crippen LogP contribution is -2.51. The number of ether oxygens (including phenoxy) is 1. The van der Waals surface area contributed by atoms with E-state index in [9.17, 15) is 4.79 Å². The molecule has 1 atom stereocenters. The van der Waals surface area contributed by atoms with E-state index in [1.807, 2.05) is 23.1 Å². The van der Waals surface area contributed by atoms with Crippen molar-refractivity contribution in [1.29, 1.82) is 0 Å². The lowest BCUT2D eigenvalue weighted by atomic mass is 10.1. The Bertz CT molecular complexity index is 495. The Balaban J connectivity index is 1.49. The molecule has 2 aliphatic rings. The third-order valence-corrected chi connectivity index (χ3v) is 4.42. The van der Waals surface area contributed by atoms with E-state index in [4.69, 9.17) is 16.3 Å². The number of rotatable bonds is 3. The first-order chi connectivity index (χ1) is 10.2. The molecule has 0 spiro atoms. The Labute approximate surface area is 130 Å². The summed E-state index contributed by atoms with van der Waals surface area (Å²) >= 11 is 6.01. The summed E-state index contributed by atoms with van der Waals surface area (Å²) < 4.78 is 5.48. The highest BCUT2D eigenvalue weighted by molar-refractivity contribution is 6.30. The van der Waals surface area contributed by atoms with Crippen molar-refractivity contribution < 1.29 is 9.53 Å². The van der Waals surface area contributed by atoms with Crippen LogP contribution in [-0.4, -0.2) is 54.6 Å². The fraction of sp³-hybridized carbons (Fsp3) is 0.562. The molecule has 0 aliphatic carbocycles. The average Bonchev–Trinajstić information content (AvgIpc) is 3.01. The monoisotopic (exact) mass is 308 g/mol. The first-order valence-corrected chi connectivity index (χ1v) is 7.97. The van der Waals surface area contributed by atoms with Crippen LogP contribution >= 0.6 is 11.6 Å². The summed E-state index contributed by atoms with van der Waals surface area (Å²) in [5, 5.41) is 0.777. The third-order valence-electron chi connectivity index (χ3n) is 4.18. The molecule has 0 N–H and O–H groups in total. The van der Waals surface area contributed by atoms with Crippen LogP contribution in [0.5, 0.6) is 0 Å². The molecule has 0 bridgehead atoms. The standard InChI is InChI=1S/C16H21ClN2O2/c17-14-4-1-3-13(11-14)12-18-6-8-19(9-7-18)16(20)15-5-2-10-21-15/h1,3-4,11,15H,2,5-10,12H2/t15-/m1/s1. The van der Waals surface area contributed by atoms with Crippen LogP contribution in [0.2, 0.25) is 5.02 Å². The number of nitrogens with zero attached hydrogens (tertiary/aromatic N) is 2. The minimum atomic E-state index is -0.190. The molecule has 5 heteroatoms. The molecule has 2 fully saturated rings. The lowest BCUT2D eigenvalue weighted by molar-refractivity contribution is -0.142. The van der Waals surface area contributed by atoms with Crippen molar-refractivity contribution in [1.82, 2.24) is 9.80 Å². The van der Waals surface area contributed by atoms with Crippen LogP contribution in [0.3, 0.4) is 0 Å². The summed E-state index contributed by atoms with van der Waals surface area (Å²) in [5.41, 5.74) is 1.22. The van der Waals surface area contributed by atoms with Gasteiger partial charge in [-0.1, -0.05) is 23.7 Å². The van der Waals surface area contributed by atoms with Gasteiger partial charge < -0.3 is 9.64 Å². The molecule has 21 heavy (non-hydrogen) atoms. The van der Waals surface area contributed by atoms with E-state index in [1.54, 1.807) is 0 Å². The second kappa shape index (κ2) is 6.77. The van der Waals surface area contributed by atoms with Crippen LogP contribution in [-0.2, 0) is 16.1 Å². The van der Waals surface area contributed by atoms with Gasteiger partial charge in [0.05, 0.1) is 0 Å². The number of halogens is 1. The second-order valence-electron chi connectivity index (χ2n) is 5.73. The maximum Gasteiger partial charge on any atom is 0.251 e. The number of carbonyl (C=O) groups is 1. The number of benzene rings is 1. The molecule has 2 heterocycles. The van der Waals surface area contributed by atoms with Gasteiger partial charge in [-0.15, -0.1) is 0 Å². The largest absolute Gasteiger partial charge is 0.368 e. The Kier molecular flexibility index (Phi) is 4.78. The van der Waals surface area contributed by atoms with Gasteiger partial charge in [0.1, 0.15) is 6.10 Å². The molecule has 1 amide bonds. The van der Waals surface area contributed by atoms with E-state index >= 15 is 0 Å². The van der Waals surface area contributed by atoms with Crippen molar-refractivity contribution in [2.75, 3.05) is 32.8 Å². The number of amides is 1. The smallest absolute Gasteiger partial charge is 0.251 e. The SMILES string of the molecule is O=C([C@H]1CCCO1)N1CCN(Cc2cccc(Cl)c2)CC1. The fourth-order valence-electron chi connectivity index (χ4n) is 3.00. The van der Waals surface area contributed by atoms with Crippen LogP contribution in [0.4, 0.5) is 0 Å². The molecular formula is C16H21ClN2O2. The predicted octanol–water partition coefficient (Wildman–Crippen LogP) is 2.16. The first-order valence-electron chi connectivity index (χ1n) is 7.59. The van der Waals surface area contributed by atoms with Crippen LogP contribution in [0.25, 0.3) is 0 Å². The molecule has 1 aromatic rings. The van der Waals surface area contributed by atoms with Crippen LogP contribution in [0.1, 0.15) is 18.4 Å². The Morgan fingerprint density at radius 2 is 2.10 bits per heavy atom. The third kappa shape index (κ3) is 3.76. The quantitative estimate of drug-likeness (QED) is 0.858. The molecule has 114 valence electrons. The molecule has 2 aliphatic heterocycles. The molecule has 3 rings (SSSR count). The highest BCUT2D eigenvalue weighted by Gasteiger charge is 2.30. The van der Waals surface area contributed by atoms with E-state index < -0.39 is 0 Å². The predicted molar refractivity (Wildman–Crippen MR) is 82.3 cm³/mol. The summed E-state index contributed by atoms with van der Waals surface area (Å²) in [6.07, 6.45) is 1.69. The highest BCUT2D eigenvalue weighted by atomic mass is 35.5. The highest BCUT2D eigenvalue weighted by Crippen LogP contribution is 2.17. The summed E-state index contributed by atoms with van der Waals surface area (Å²) in [6, 6.07) is 7.97. The molecule has 0 radical (unpaired) electrons. The zero-order chi connectivity index (χ0) is 14.7. The number of hydrogen-bond donors (Lipinski definition) is 0. The normalized spacial score (nSPS) is 23.5. The van der Waals surface area contributed by atoms with Crippen molar-refractivity contribution >= 4 is 17.5 Å². The van der Waals surface area contributed by atoms with E-state index in [2.05, 4.69) is 11.0 Å². The van der Waals surface area contributed by atoms with Gasteiger partial charge in [-0.3, -0.25) is 9.69 Å². The maximum atomic E-state index is 12.3. The lowest BCUT2D eigenvalue weighted by Gasteiger charge is -2.35. The van der Waals surface area contributed by atoms with Crippen molar-refractivity contribution in [3.63, 3.8) is 0 Å². The van der Waals surface area contributed by atoms with Gasteiger partial charge in [0.2, 0.25) is 0 Å². The fourth-order valence-corrected chi connectivity index (χ4v) is 3.21. The number of piperazine rings is 1. The van der Waals surface area contributed by atoms with E-state index in [-0.39, 0.29) is 12.0 Å². The topological polar surface area (TPSA) is 32.8 Å². The van der Waals surface area contributed by atoms with Crippen molar-refractivity contribution in [3.05, 3.63) is 34.9 Å². The summed E-state index contributed by atoms with van der Waals surface area (Å²) in [6.45, 7) is 5.02. The minimum absolute atomic E-state index is 0.176. The van der Waals surface area contributed by atoms with Crippen molar-refractivity contribution in [2.45, 2.75) is 25.5 Å². The van der Waals surface area contributed by atoms with Gasteiger partial charge in [-0.2, -0.15) is 0 Å². The molecule has 0 saturated carbocycles. The van der Waals surface area contributed by atoms with E-state index in [1.165, 1.54) is 5.56 Å². The zero-order valence-electron chi connectivity index (χ0n) is 12.1. The van der Waals surface area contributed by atoms with Gasteiger partial charge in [-0.25, -0.2) is 0 Å². The van der Waals surface area contributed by atoms with Crippen LogP contribution in [0.15, 0.2) is 24.3 Å². The van der Waals surface area contributed by atoms with Gasteiger partial charge >= 0.3 is 0 Å². The number of hydrogen-bond acceptors (Lipinski definition) is 3. The second-order valence-corrected chi connectivity index (χ2v) is 6.17. The molecule has 2 saturated heterocycles. The zero-order valence-corrected chi connectivity index (χ0v) is 12.9. The number of carbonyl (C=O) groups excluding carboxylic acids is 1. The maximum absolute atomic E-state index is 12.3. The van der Waals surface area contributed by atoms with Gasteiger partial charge in [0, 0.05) is 44.4 Å². The summed E-state index contributed by atoms with van der Waals surface area (Å²) in [5.74, 6) is 0.176. The van der Waals surface area contributed by atoms with Crippen LogP contribution in [0, 0.1) is 0 Å². The van der Waals surface area contributed by atoms with E-state index in [0.29, 0.717) is 0 Å². The average molecular weight is 309 g/mol. The molecule has 1 aromatic carbocycles. The van der Waals surface area contributed by atoms with Crippen molar-refractivity contribution in [2.24, 2.45) is 0 Å². The Morgan fingerprint density at radius 1 is 1.29 bits per heavy atom. The van der Waals surface area contributed by atoms with Gasteiger partial charge in [0.25, 0.3) is 5.91 Å². The summed E-state index contributed by atoms with van der Waals surface area (Å²) in [7, 11) is 0. The van der Waals surface area contributed by atoms with Crippen molar-refractivity contribution in [3.8, 4) is 0 Å². The van der Waals surface area contributed by atoms with E-state index in [0.717, 1.165) is 57.2 Å². The Morgan fingerprint density at radius 3 is 2.76 bits per heavy atom. The van der Waals surface area contributed by atoms with Gasteiger partial charge in [-0.05, 0) is 30.5 Å². The van der Waals surface area contributed by atoms with Crippen LogP contribution < -0.4 is 0 Å². The van der Waals surface area contributed by atoms with Gasteiger partial charge in [0.15, 0.2) is 0 Å². The molecule has 4 nitrogen and oxygen atoms in total. The molecule has 0 unspecified atom stereocenters.